The van der Waals surface area contributed by atoms with Crippen LogP contribution in [0.2, 0.25) is 0 Å². The largest absolute Gasteiger partial charge is 0.481 e. The van der Waals surface area contributed by atoms with Gasteiger partial charge in [0.2, 0.25) is 5.91 Å². The average Bonchev–Trinajstić information content (AvgIpc) is 3.18. The van der Waals surface area contributed by atoms with Gasteiger partial charge in [-0.1, -0.05) is 31.2 Å². The Morgan fingerprint density at radius 2 is 2.05 bits per heavy atom. The Bertz CT molecular complexity index is 526. The van der Waals surface area contributed by atoms with Crippen molar-refractivity contribution in [1.82, 2.24) is 4.90 Å². The molecule has 1 aliphatic rings. The second-order valence-electron chi connectivity index (χ2n) is 5.76. The molecule has 0 radical (unpaired) electrons. The van der Waals surface area contributed by atoms with E-state index in [1.807, 2.05) is 12.1 Å². The molecular weight excluding hydrogens is 254 g/mol. The van der Waals surface area contributed by atoms with Crippen LogP contribution in [0.15, 0.2) is 24.3 Å². The summed E-state index contributed by atoms with van der Waals surface area (Å²) < 4.78 is 0. The fraction of sp³-hybridized carbons (Fsp3) is 0.500. The molecule has 3 atom stereocenters. The van der Waals surface area contributed by atoms with E-state index in [1.54, 1.807) is 18.9 Å². The van der Waals surface area contributed by atoms with Crippen LogP contribution in [-0.4, -0.2) is 35.5 Å². The molecule has 1 aromatic carbocycles. The summed E-state index contributed by atoms with van der Waals surface area (Å²) in [4.78, 5) is 24.7. The SMILES string of the molecule is Cc1ccccc1[C@@H]1C[C@H]1C(=O)N(C)C[C@@H](C)C(=O)O. The van der Waals surface area contributed by atoms with Crippen molar-refractivity contribution in [2.24, 2.45) is 11.8 Å². The predicted octanol–water partition coefficient (Wildman–Crippen LogP) is 2.28. The van der Waals surface area contributed by atoms with Crippen molar-refractivity contribution in [1.29, 1.82) is 0 Å². The molecule has 1 fully saturated rings. The van der Waals surface area contributed by atoms with Gasteiger partial charge in [-0.15, -0.1) is 0 Å². The van der Waals surface area contributed by atoms with E-state index in [2.05, 4.69) is 19.1 Å². The zero-order valence-corrected chi connectivity index (χ0v) is 12.2. The molecule has 1 N–H and O–H groups in total. The lowest BCUT2D eigenvalue weighted by molar-refractivity contribution is -0.142. The Labute approximate surface area is 119 Å². The maximum atomic E-state index is 12.3. The third kappa shape index (κ3) is 3.00. The molecule has 0 unspecified atom stereocenters. The molecule has 0 aliphatic heterocycles. The van der Waals surface area contributed by atoms with Gasteiger partial charge in [-0.05, 0) is 30.4 Å². The molecule has 4 heteroatoms. The normalized spacial score (nSPS) is 22.1. The molecule has 1 saturated carbocycles. The van der Waals surface area contributed by atoms with Crippen LogP contribution < -0.4 is 0 Å². The lowest BCUT2D eigenvalue weighted by atomic mass is 10.0. The zero-order valence-electron chi connectivity index (χ0n) is 12.2. The van der Waals surface area contributed by atoms with Gasteiger partial charge < -0.3 is 10.0 Å². The first-order valence-corrected chi connectivity index (χ1v) is 6.95. The van der Waals surface area contributed by atoms with Crippen molar-refractivity contribution >= 4 is 11.9 Å². The monoisotopic (exact) mass is 275 g/mol. The van der Waals surface area contributed by atoms with Crippen LogP contribution in [0.4, 0.5) is 0 Å². The van der Waals surface area contributed by atoms with E-state index in [4.69, 9.17) is 5.11 Å². The van der Waals surface area contributed by atoms with Gasteiger partial charge in [-0.3, -0.25) is 9.59 Å². The quantitative estimate of drug-likeness (QED) is 0.897. The maximum absolute atomic E-state index is 12.3. The number of amides is 1. The molecule has 4 nitrogen and oxygen atoms in total. The number of hydrogen-bond acceptors (Lipinski definition) is 2. The molecule has 0 bridgehead atoms. The minimum Gasteiger partial charge on any atom is -0.481 e. The second kappa shape index (κ2) is 5.65. The van der Waals surface area contributed by atoms with E-state index >= 15 is 0 Å². The first kappa shape index (κ1) is 14.6. The lowest BCUT2D eigenvalue weighted by Crippen LogP contribution is -2.34. The van der Waals surface area contributed by atoms with Crippen molar-refractivity contribution in [3.8, 4) is 0 Å². The van der Waals surface area contributed by atoms with Gasteiger partial charge in [0.05, 0.1) is 5.92 Å². The van der Waals surface area contributed by atoms with Gasteiger partial charge in [-0.25, -0.2) is 0 Å². The summed E-state index contributed by atoms with van der Waals surface area (Å²) >= 11 is 0. The summed E-state index contributed by atoms with van der Waals surface area (Å²) in [6.07, 6.45) is 0.871. The molecule has 1 aromatic rings. The molecule has 0 heterocycles. The van der Waals surface area contributed by atoms with E-state index < -0.39 is 11.9 Å². The molecule has 0 spiro atoms. The van der Waals surface area contributed by atoms with Crippen LogP contribution in [0, 0.1) is 18.8 Å². The topological polar surface area (TPSA) is 57.6 Å². The Balaban J connectivity index is 1.96. The summed E-state index contributed by atoms with van der Waals surface area (Å²) in [5, 5.41) is 8.90. The molecule has 1 aliphatic carbocycles. The summed E-state index contributed by atoms with van der Waals surface area (Å²) in [5.41, 5.74) is 2.46. The molecule has 20 heavy (non-hydrogen) atoms. The highest BCUT2D eigenvalue weighted by atomic mass is 16.4. The Hall–Kier alpha value is -1.84. The van der Waals surface area contributed by atoms with Crippen molar-refractivity contribution in [2.45, 2.75) is 26.2 Å². The van der Waals surface area contributed by atoms with E-state index in [0.717, 1.165) is 6.42 Å². The fourth-order valence-electron chi connectivity index (χ4n) is 2.68. The highest BCUT2D eigenvalue weighted by Crippen LogP contribution is 2.49. The average molecular weight is 275 g/mol. The Kier molecular flexibility index (Phi) is 4.12. The van der Waals surface area contributed by atoms with E-state index in [1.165, 1.54) is 11.1 Å². The number of aliphatic carboxylic acids is 1. The van der Waals surface area contributed by atoms with Gasteiger partial charge in [0.1, 0.15) is 0 Å². The summed E-state index contributed by atoms with van der Waals surface area (Å²) in [5.74, 6) is -1.02. The molecule has 0 saturated heterocycles. The highest BCUT2D eigenvalue weighted by molar-refractivity contribution is 5.83. The van der Waals surface area contributed by atoms with Gasteiger partial charge in [0, 0.05) is 19.5 Å². The molecule has 0 aromatic heterocycles. The molecule has 108 valence electrons. The third-order valence-corrected chi connectivity index (χ3v) is 4.04. The van der Waals surface area contributed by atoms with Crippen LogP contribution in [0.5, 0.6) is 0 Å². The van der Waals surface area contributed by atoms with E-state index in [9.17, 15) is 9.59 Å². The van der Waals surface area contributed by atoms with E-state index in [0.29, 0.717) is 5.92 Å². The maximum Gasteiger partial charge on any atom is 0.308 e. The van der Waals surface area contributed by atoms with Crippen LogP contribution >= 0.6 is 0 Å². The van der Waals surface area contributed by atoms with Crippen LogP contribution in [0.3, 0.4) is 0 Å². The number of benzene rings is 1. The molecular formula is C16H21NO3. The number of aryl methyl sites for hydroxylation is 1. The highest BCUT2D eigenvalue weighted by Gasteiger charge is 2.45. The third-order valence-electron chi connectivity index (χ3n) is 4.04. The summed E-state index contributed by atoms with van der Waals surface area (Å²) in [7, 11) is 1.69. The number of carboxylic acids is 1. The van der Waals surface area contributed by atoms with Crippen LogP contribution in [0.1, 0.15) is 30.4 Å². The first-order chi connectivity index (χ1) is 9.41. The van der Waals surface area contributed by atoms with Crippen molar-refractivity contribution < 1.29 is 14.7 Å². The van der Waals surface area contributed by atoms with E-state index in [-0.39, 0.29) is 18.4 Å². The van der Waals surface area contributed by atoms with Gasteiger partial charge in [0.25, 0.3) is 0 Å². The lowest BCUT2D eigenvalue weighted by Gasteiger charge is -2.19. The predicted molar refractivity (Wildman–Crippen MR) is 76.5 cm³/mol. The standard InChI is InChI=1S/C16H21NO3/c1-10-6-4-5-7-12(10)13-8-14(13)15(18)17(3)9-11(2)16(19)20/h4-7,11,13-14H,8-9H2,1-3H3,(H,19,20)/t11-,13+,14-/m1/s1. The van der Waals surface area contributed by atoms with Gasteiger partial charge >= 0.3 is 5.97 Å². The number of carbonyl (C=O) groups is 2. The fourth-order valence-corrected chi connectivity index (χ4v) is 2.68. The van der Waals surface area contributed by atoms with Gasteiger partial charge in [-0.2, -0.15) is 0 Å². The number of nitrogens with zero attached hydrogens (tertiary/aromatic N) is 1. The minimum absolute atomic E-state index is 0.0158. The van der Waals surface area contributed by atoms with Gasteiger partial charge in [0.15, 0.2) is 0 Å². The van der Waals surface area contributed by atoms with Crippen molar-refractivity contribution in [3.63, 3.8) is 0 Å². The second-order valence-corrected chi connectivity index (χ2v) is 5.76. The number of carboxylic acid groups (broad SMARTS) is 1. The Morgan fingerprint density at radius 1 is 1.40 bits per heavy atom. The Morgan fingerprint density at radius 3 is 2.65 bits per heavy atom. The molecule has 1 amide bonds. The smallest absolute Gasteiger partial charge is 0.308 e. The summed E-state index contributed by atoms with van der Waals surface area (Å²) in [6, 6.07) is 8.13. The molecule has 2 rings (SSSR count). The number of carbonyl (C=O) groups excluding carboxylic acids is 1. The van der Waals surface area contributed by atoms with Crippen molar-refractivity contribution in [2.75, 3.05) is 13.6 Å². The first-order valence-electron chi connectivity index (χ1n) is 6.95. The van der Waals surface area contributed by atoms with Crippen LogP contribution in [-0.2, 0) is 9.59 Å². The minimum atomic E-state index is -0.865. The van der Waals surface area contributed by atoms with Crippen molar-refractivity contribution in [3.05, 3.63) is 35.4 Å². The zero-order chi connectivity index (χ0) is 14.9. The number of rotatable bonds is 5. The van der Waals surface area contributed by atoms with Crippen LogP contribution in [0.25, 0.3) is 0 Å². The number of hydrogen-bond donors (Lipinski definition) is 1. The summed E-state index contributed by atoms with van der Waals surface area (Å²) in [6.45, 7) is 3.95.